The zero-order chi connectivity index (χ0) is 14.0. The maximum Gasteiger partial charge on any atom is 0.258 e. The highest BCUT2D eigenvalue weighted by Crippen LogP contribution is 2.28. The van der Waals surface area contributed by atoms with Gasteiger partial charge >= 0.3 is 0 Å². The van der Waals surface area contributed by atoms with Crippen LogP contribution in [-0.2, 0) is 0 Å². The first-order valence-electron chi connectivity index (χ1n) is 5.19. The molecule has 2 aromatic rings. The summed E-state index contributed by atoms with van der Waals surface area (Å²) in [6, 6.07) is 10.2. The van der Waals surface area contributed by atoms with E-state index in [1.807, 2.05) is 6.07 Å². The van der Waals surface area contributed by atoms with Crippen LogP contribution in [0.4, 0.5) is 5.69 Å². The summed E-state index contributed by atoms with van der Waals surface area (Å²) in [5.41, 5.74) is 0.753. The van der Waals surface area contributed by atoms with Crippen LogP contribution in [0.1, 0.15) is 10.4 Å². The van der Waals surface area contributed by atoms with E-state index >= 15 is 0 Å². The molecule has 2 aromatic carbocycles. The normalized spacial score (nSPS) is 10.3. The van der Waals surface area contributed by atoms with E-state index in [4.69, 9.17) is 34.8 Å². The summed E-state index contributed by atoms with van der Waals surface area (Å²) in [6.07, 6.45) is 0. The molecule has 0 aromatic heterocycles. The van der Waals surface area contributed by atoms with Crippen molar-refractivity contribution in [1.82, 2.24) is 0 Å². The van der Waals surface area contributed by atoms with Crippen molar-refractivity contribution in [3.8, 4) is 0 Å². The molecule has 0 aliphatic heterocycles. The SMILES string of the molecule is O=C(Nc1ccc(I)cc1Cl)c1c(Cl)cccc1Cl. The fourth-order valence-electron chi connectivity index (χ4n) is 1.49. The smallest absolute Gasteiger partial charge is 0.258 e. The lowest BCUT2D eigenvalue weighted by Gasteiger charge is -2.10. The maximum absolute atomic E-state index is 12.2. The quantitative estimate of drug-likeness (QED) is 0.631. The molecule has 0 spiro atoms. The molecular weight excluding hydrogens is 419 g/mol. The van der Waals surface area contributed by atoms with Gasteiger partial charge in [-0.1, -0.05) is 40.9 Å². The Morgan fingerprint density at radius 3 is 2.21 bits per heavy atom. The number of hydrogen-bond donors (Lipinski definition) is 1. The fourth-order valence-corrected chi connectivity index (χ4v) is 2.96. The van der Waals surface area contributed by atoms with Gasteiger partial charge in [0.2, 0.25) is 0 Å². The van der Waals surface area contributed by atoms with Gasteiger partial charge in [0.15, 0.2) is 0 Å². The van der Waals surface area contributed by atoms with Crippen molar-refractivity contribution in [2.45, 2.75) is 0 Å². The van der Waals surface area contributed by atoms with Crippen LogP contribution < -0.4 is 5.32 Å². The zero-order valence-corrected chi connectivity index (χ0v) is 13.8. The third-order valence-corrected chi connectivity index (χ3v) is 3.98. The van der Waals surface area contributed by atoms with E-state index in [-0.39, 0.29) is 5.56 Å². The molecule has 98 valence electrons. The van der Waals surface area contributed by atoms with Gasteiger partial charge in [0.1, 0.15) is 0 Å². The van der Waals surface area contributed by atoms with Crippen molar-refractivity contribution in [3.05, 3.63) is 60.6 Å². The highest BCUT2D eigenvalue weighted by Gasteiger charge is 2.15. The molecule has 0 aliphatic carbocycles. The van der Waals surface area contributed by atoms with Crippen LogP contribution in [0.5, 0.6) is 0 Å². The number of anilines is 1. The van der Waals surface area contributed by atoms with Crippen LogP contribution in [0.2, 0.25) is 15.1 Å². The Morgan fingerprint density at radius 2 is 1.63 bits per heavy atom. The summed E-state index contributed by atoms with van der Waals surface area (Å²) in [6.45, 7) is 0. The Bertz CT molecular complexity index is 626. The molecule has 0 bridgehead atoms. The lowest BCUT2D eigenvalue weighted by atomic mass is 10.2. The number of amides is 1. The largest absolute Gasteiger partial charge is 0.321 e. The second-order valence-corrected chi connectivity index (χ2v) is 6.14. The maximum atomic E-state index is 12.2. The molecule has 0 aliphatic rings. The number of carbonyl (C=O) groups excluding carboxylic acids is 1. The van der Waals surface area contributed by atoms with Gasteiger partial charge in [-0.15, -0.1) is 0 Å². The van der Waals surface area contributed by atoms with E-state index in [2.05, 4.69) is 27.9 Å². The Balaban J connectivity index is 2.31. The van der Waals surface area contributed by atoms with Gasteiger partial charge in [-0.05, 0) is 52.9 Å². The van der Waals surface area contributed by atoms with Gasteiger partial charge in [-0.2, -0.15) is 0 Å². The second kappa shape index (κ2) is 6.31. The van der Waals surface area contributed by atoms with Crippen LogP contribution in [-0.4, -0.2) is 5.91 Å². The van der Waals surface area contributed by atoms with Gasteiger partial charge in [-0.3, -0.25) is 4.79 Å². The molecule has 2 nitrogen and oxygen atoms in total. The second-order valence-electron chi connectivity index (χ2n) is 3.67. The number of nitrogens with one attached hydrogen (secondary N) is 1. The van der Waals surface area contributed by atoms with Gasteiger partial charge in [0.05, 0.1) is 26.3 Å². The highest BCUT2D eigenvalue weighted by molar-refractivity contribution is 14.1. The van der Waals surface area contributed by atoms with E-state index in [9.17, 15) is 4.79 Å². The first-order valence-corrected chi connectivity index (χ1v) is 7.40. The third kappa shape index (κ3) is 3.54. The summed E-state index contributed by atoms with van der Waals surface area (Å²) in [4.78, 5) is 12.2. The number of halogens is 4. The van der Waals surface area contributed by atoms with E-state index in [1.165, 1.54) is 0 Å². The van der Waals surface area contributed by atoms with Crippen molar-refractivity contribution in [2.24, 2.45) is 0 Å². The molecule has 0 atom stereocenters. The Kier molecular flexibility index (Phi) is 4.95. The van der Waals surface area contributed by atoms with Gasteiger partial charge in [0, 0.05) is 3.57 Å². The third-order valence-electron chi connectivity index (χ3n) is 2.37. The molecule has 6 heteroatoms. The van der Waals surface area contributed by atoms with Gasteiger partial charge in [0.25, 0.3) is 5.91 Å². The zero-order valence-electron chi connectivity index (χ0n) is 9.38. The molecule has 1 N–H and O–H groups in total. The fraction of sp³-hybridized carbons (Fsp3) is 0. The van der Waals surface area contributed by atoms with Crippen molar-refractivity contribution in [3.63, 3.8) is 0 Å². The van der Waals surface area contributed by atoms with E-state index < -0.39 is 5.91 Å². The molecule has 0 fully saturated rings. The molecule has 19 heavy (non-hydrogen) atoms. The lowest BCUT2D eigenvalue weighted by molar-refractivity contribution is 0.102. The Morgan fingerprint density at radius 1 is 1.00 bits per heavy atom. The average Bonchev–Trinajstić information content (AvgIpc) is 2.32. The van der Waals surface area contributed by atoms with Crippen LogP contribution in [0, 0.1) is 3.57 Å². The molecule has 0 heterocycles. The van der Waals surface area contributed by atoms with Crippen molar-refractivity contribution in [1.29, 1.82) is 0 Å². The number of benzene rings is 2. The van der Waals surface area contributed by atoms with Crippen molar-refractivity contribution >= 4 is 69.0 Å². The summed E-state index contributed by atoms with van der Waals surface area (Å²) < 4.78 is 0.983. The van der Waals surface area contributed by atoms with E-state index in [0.29, 0.717) is 20.8 Å². The van der Waals surface area contributed by atoms with Crippen LogP contribution in [0.15, 0.2) is 36.4 Å². The average molecular weight is 426 g/mol. The minimum absolute atomic E-state index is 0.237. The van der Waals surface area contributed by atoms with Crippen molar-refractivity contribution < 1.29 is 4.79 Å². The first-order chi connectivity index (χ1) is 8.99. The standard InChI is InChI=1S/C13H7Cl3INO/c14-8-2-1-3-9(15)12(8)13(19)18-11-5-4-7(17)6-10(11)16/h1-6H,(H,18,19). The summed E-state index contributed by atoms with van der Waals surface area (Å²) in [7, 11) is 0. The Labute approximate surface area is 139 Å². The number of rotatable bonds is 2. The lowest BCUT2D eigenvalue weighted by Crippen LogP contribution is -2.13. The minimum atomic E-state index is -0.390. The van der Waals surface area contributed by atoms with Crippen LogP contribution in [0.25, 0.3) is 0 Å². The summed E-state index contributed by atoms with van der Waals surface area (Å²) in [5, 5.41) is 3.75. The monoisotopic (exact) mass is 425 g/mol. The number of carbonyl (C=O) groups is 1. The topological polar surface area (TPSA) is 29.1 Å². The molecule has 0 unspecified atom stereocenters. The minimum Gasteiger partial charge on any atom is -0.321 e. The molecular formula is C13H7Cl3INO. The van der Waals surface area contributed by atoms with E-state index in [1.54, 1.807) is 30.3 Å². The van der Waals surface area contributed by atoms with Gasteiger partial charge in [-0.25, -0.2) is 0 Å². The highest BCUT2D eigenvalue weighted by atomic mass is 127. The molecule has 2 rings (SSSR count). The van der Waals surface area contributed by atoms with Crippen LogP contribution in [0.3, 0.4) is 0 Å². The van der Waals surface area contributed by atoms with Crippen molar-refractivity contribution in [2.75, 3.05) is 5.32 Å². The van der Waals surface area contributed by atoms with Crippen LogP contribution >= 0.6 is 57.4 Å². The molecule has 0 radical (unpaired) electrons. The predicted octanol–water partition coefficient (Wildman–Crippen LogP) is 5.50. The summed E-state index contributed by atoms with van der Waals surface area (Å²) in [5.74, 6) is -0.390. The summed E-state index contributed by atoms with van der Waals surface area (Å²) >= 11 is 20.1. The van der Waals surface area contributed by atoms with Gasteiger partial charge < -0.3 is 5.32 Å². The number of hydrogen-bond acceptors (Lipinski definition) is 1. The molecule has 1 amide bonds. The Hall–Kier alpha value is -0.490. The first kappa shape index (κ1) is 14.9. The predicted molar refractivity (Wildman–Crippen MR) is 88.6 cm³/mol. The molecule has 0 saturated carbocycles. The molecule has 0 saturated heterocycles. The van der Waals surface area contributed by atoms with E-state index in [0.717, 1.165) is 3.57 Å².